The fraction of sp³-hybridized carbons (Fsp3) is 0.889. The summed E-state index contributed by atoms with van der Waals surface area (Å²) in [7, 11) is 0. The van der Waals surface area contributed by atoms with Crippen LogP contribution in [0.15, 0.2) is 0 Å². The van der Waals surface area contributed by atoms with Gasteiger partial charge in [0.1, 0.15) is 24.2 Å². The van der Waals surface area contributed by atoms with Crippen LogP contribution < -0.4 is 65.9 Å². The highest BCUT2D eigenvalue weighted by Crippen LogP contribution is 2.16. The van der Waals surface area contributed by atoms with Crippen LogP contribution in [0.3, 0.4) is 0 Å². The van der Waals surface area contributed by atoms with Crippen molar-refractivity contribution in [3.63, 3.8) is 0 Å². The van der Waals surface area contributed by atoms with Gasteiger partial charge in [0.05, 0.1) is 0 Å². The fourth-order valence-corrected chi connectivity index (χ4v) is 11.7. The first-order valence-corrected chi connectivity index (χ1v) is 37.9. The summed E-state index contributed by atoms with van der Waals surface area (Å²) in [5.41, 5.74) is 28.1. The highest BCUT2D eigenvalue weighted by atomic mass is 16.2. The number of nitrogens with one attached hydrogen (secondary N) is 7. The van der Waals surface area contributed by atoms with Gasteiger partial charge >= 0.3 is 0 Å². The molecule has 0 aromatic carbocycles. The molecule has 0 heterocycles. The van der Waals surface area contributed by atoms with Gasteiger partial charge in [0.25, 0.3) is 0 Å². The van der Waals surface area contributed by atoms with E-state index in [4.69, 9.17) is 28.7 Å². The van der Waals surface area contributed by atoms with Gasteiger partial charge in [-0.2, -0.15) is 0 Å². The van der Waals surface area contributed by atoms with E-state index in [-0.39, 0.29) is 41.4 Å². The molecule has 0 radical (unpaired) electrons. The van der Waals surface area contributed by atoms with Gasteiger partial charge in [0.2, 0.25) is 47.3 Å². The maximum absolute atomic E-state index is 13.2. The van der Waals surface area contributed by atoms with Gasteiger partial charge in [-0.05, 0) is 148 Å². The molecule has 0 fully saturated rings. The van der Waals surface area contributed by atoms with Crippen molar-refractivity contribution in [2.45, 2.75) is 365 Å². The molecular formula is C72H142N12O8. The van der Waals surface area contributed by atoms with Crippen molar-refractivity contribution < 1.29 is 38.4 Å². The molecule has 20 heteroatoms. The van der Waals surface area contributed by atoms with Crippen molar-refractivity contribution in [1.29, 1.82) is 0 Å². The van der Waals surface area contributed by atoms with Gasteiger partial charge in [-0.1, -0.05) is 193 Å². The van der Waals surface area contributed by atoms with Gasteiger partial charge in [0, 0.05) is 45.3 Å². The van der Waals surface area contributed by atoms with Gasteiger partial charge in [-0.25, -0.2) is 0 Å². The number of amides is 8. The third-order valence-electron chi connectivity index (χ3n) is 17.6. The lowest BCUT2D eigenvalue weighted by Gasteiger charge is -2.18. The summed E-state index contributed by atoms with van der Waals surface area (Å²) in [6, 6.07) is -2.22. The van der Waals surface area contributed by atoms with Crippen molar-refractivity contribution in [2.24, 2.45) is 28.7 Å². The molecule has 0 aromatic rings. The third kappa shape index (κ3) is 57.1. The zero-order chi connectivity index (χ0) is 67.6. The summed E-state index contributed by atoms with van der Waals surface area (Å²) >= 11 is 0. The van der Waals surface area contributed by atoms with Crippen molar-refractivity contribution in [3.8, 4) is 0 Å². The van der Waals surface area contributed by atoms with Gasteiger partial charge < -0.3 is 65.9 Å². The molecular weight excluding hydrogens is 1160 g/mol. The molecule has 92 heavy (non-hydrogen) atoms. The topological polar surface area (TPSA) is 351 Å². The van der Waals surface area contributed by atoms with E-state index >= 15 is 0 Å². The first-order chi connectivity index (χ1) is 44.8. The first-order valence-electron chi connectivity index (χ1n) is 37.9. The Balaban J connectivity index is 4.20. The smallest absolute Gasteiger partial charge is 0.242 e. The van der Waals surface area contributed by atoms with Crippen molar-refractivity contribution in [1.82, 2.24) is 37.2 Å². The summed E-state index contributed by atoms with van der Waals surface area (Å²) in [6.45, 7) is 6.25. The summed E-state index contributed by atoms with van der Waals surface area (Å²) in [5.74, 6) is -1.14. The molecule has 0 aliphatic rings. The van der Waals surface area contributed by atoms with E-state index in [0.29, 0.717) is 97.2 Å². The monoisotopic (exact) mass is 1300 g/mol. The molecule has 0 spiro atoms. The minimum Gasteiger partial charge on any atom is -0.368 e. The molecule has 0 bridgehead atoms. The Labute approximate surface area is 559 Å². The molecule has 0 aromatic heterocycles. The van der Waals surface area contributed by atoms with Gasteiger partial charge in [0.15, 0.2) is 0 Å². The van der Waals surface area contributed by atoms with Crippen LogP contribution in [-0.2, 0) is 38.4 Å². The Morgan fingerprint density at radius 3 is 0.663 bits per heavy atom. The number of primary amides is 1. The maximum atomic E-state index is 13.2. The van der Waals surface area contributed by atoms with Crippen molar-refractivity contribution in [3.05, 3.63) is 0 Å². The molecule has 0 saturated heterocycles. The number of carbonyl (C=O) groups is 8. The number of carbonyl (C=O) groups excluding carboxylic acids is 8. The van der Waals surface area contributed by atoms with Crippen LogP contribution in [0.4, 0.5) is 0 Å². The number of rotatable bonds is 70. The molecule has 8 amide bonds. The molecule has 0 unspecified atom stereocenters. The molecule has 0 aliphatic heterocycles. The minimum atomic E-state index is -0.625. The second-order valence-electron chi connectivity index (χ2n) is 26.3. The average Bonchev–Trinajstić information content (AvgIpc) is 3.75. The van der Waals surface area contributed by atoms with Crippen molar-refractivity contribution >= 4 is 47.3 Å². The molecule has 538 valence electrons. The summed E-state index contributed by atoms with van der Waals surface area (Å²) < 4.78 is 0. The largest absolute Gasteiger partial charge is 0.368 e. The van der Waals surface area contributed by atoms with Gasteiger partial charge in [-0.15, -0.1) is 0 Å². The molecule has 0 rings (SSSR count). The standard InChI is InChI=1S/C72H142N12O8/c1-2-3-4-5-6-10-17-25-32-51-66(86)82-62(47-36-40-55-74)70(90)78-59-44-29-22-15-8-12-19-27-34-53-68(88)84-64(49-38-42-57-76)72(92)80-60-45-30-23-16-9-13-20-26-33-52-67(87)83-63(48-37-41-56-75)71(91)79-58-43-28-21-14-7-11-18-24-31-50-65(85)81-61(69(77)89)46-35-39-54-73/h61-64H,2-60,73-76H2,1H3,(H2,77,89)(H,78,90)(H,79,91)(H,80,92)(H,81,85)(H,82,86)(H,83,87)(H,84,88)/t61-,62-,63-,64-/m0/s1. The van der Waals surface area contributed by atoms with Crippen LogP contribution in [0, 0.1) is 0 Å². The lowest BCUT2D eigenvalue weighted by atomic mass is 10.0. The van der Waals surface area contributed by atoms with E-state index < -0.39 is 30.1 Å². The highest BCUT2D eigenvalue weighted by Gasteiger charge is 2.23. The highest BCUT2D eigenvalue weighted by molar-refractivity contribution is 5.89. The zero-order valence-electron chi connectivity index (χ0n) is 58.7. The second-order valence-corrected chi connectivity index (χ2v) is 26.3. The maximum Gasteiger partial charge on any atom is 0.242 e. The average molecular weight is 1300 g/mol. The Bertz CT molecular complexity index is 1820. The minimum absolute atomic E-state index is 0.0323. The van der Waals surface area contributed by atoms with Crippen molar-refractivity contribution in [2.75, 3.05) is 45.8 Å². The molecule has 0 saturated carbocycles. The summed E-state index contributed by atoms with van der Waals surface area (Å²) in [4.78, 5) is 102. The van der Waals surface area contributed by atoms with Gasteiger partial charge in [-0.3, -0.25) is 38.4 Å². The van der Waals surface area contributed by atoms with E-state index in [1.807, 2.05) is 0 Å². The third-order valence-corrected chi connectivity index (χ3v) is 17.6. The van der Waals surface area contributed by atoms with Crippen LogP contribution >= 0.6 is 0 Å². The lowest BCUT2D eigenvalue weighted by Crippen LogP contribution is -2.47. The van der Waals surface area contributed by atoms with Crippen LogP contribution in [-0.4, -0.2) is 117 Å². The SMILES string of the molecule is CCCCCCCCCCCC(=O)N[C@@H](CCCCN)C(=O)NCCCCCCCCCCCC(=O)N[C@@H](CCCCN)C(=O)NCCCCCCCCCCCC(=O)N[C@@H](CCCCN)C(=O)NCCCCCCCCCCCC(=O)N[C@@H](CCCCN)C(N)=O. The Kier molecular flexibility index (Phi) is 63.4. The quantitative estimate of drug-likeness (QED) is 0.0253. The normalized spacial score (nSPS) is 12.6. The first kappa shape index (κ1) is 87.6. The van der Waals surface area contributed by atoms with E-state index in [1.165, 1.54) is 44.9 Å². The number of hydrogen-bond donors (Lipinski definition) is 12. The predicted molar refractivity (Wildman–Crippen MR) is 378 cm³/mol. The van der Waals surface area contributed by atoms with Crippen LogP contribution in [0.2, 0.25) is 0 Å². The lowest BCUT2D eigenvalue weighted by molar-refractivity contribution is -0.129. The van der Waals surface area contributed by atoms with Crippen LogP contribution in [0.5, 0.6) is 0 Å². The zero-order valence-corrected chi connectivity index (χ0v) is 58.7. The Hall–Kier alpha value is -4.40. The predicted octanol–water partition coefficient (Wildman–Crippen LogP) is 10.9. The van der Waals surface area contributed by atoms with E-state index in [9.17, 15) is 38.4 Å². The Morgan fingerprint density at radius 2 is 0.446 bits per heavy atom. The fourth-order valence-electron chi connectivity index (χ4n) is 11.7. The summed E-state index contributed by atoms with van der Waals surface area (Å²) in [5, 5.41) is 21.0. The van der Waals surface area contributed by atoms with E-state index in [2.05, 4.69) is 44.1 Å². The van der Waals surface area contributed by atoms with Crippen LogP contribution in [0.1, 0.15) is 341 Å². The molecule has 0 aliphatic carbocycles. The van der Waals surface area contributed by atoms with Crippen LogP contribution in [0.25, 0.3) is 0 Å². The number of hydrogen-bond acceptors (Lipinski definition) is 12. The molecule has 17 N–H and O–H groups in total. The molecule has 20 nitrogen and oxygen atoms in total. The second kappa shape index (κ2) is 66.6. The molecule has 4 atom stereocenters. The van der Waals surface area contributed by atoms with E-state index in [0.717, 1.165) is 238 Å². The number of nitrogens with two attached hydrogens (primary N) is 5. The Morgan fingerprint density at radius 1 is 0.250 bits per heavy atom. The van der Waals surface area contributed by atoms with E-state index in [1.54, 1.807) is 0 Å². The number of unbranched alkanes of at least 4 members (excludes halogenated alkanes) is 36. The summed E-state index contributed by atoms with van der Waals surface area (Å²) in [6.07, 6.45) is 48.9.